The molecule has 3 aromatic heterocycles. The Kier molecular flexibility index (Phi) is 4.86. The fraction of sp³-hybridized carbons (Fsp3) is 0.375. The molecule has 0 spiro atoms. The molecule has 14 heteroatoms. The highest BCUT2D eigenvalue weighted by Gasteiger charge is 2.57. The van der Waals surface area contributed by atoms with Crippen LogP contribution in [0.25, 0.3) is 16.8 Å². The van der Waals surface area contributed by atoms with Crippen molar-refractivity contribution in [3.63, 3.8) is 0 Å². The zero-order valence-electron chi connectivity index (χ0n) is 15.1. The Morgan fingerprint density at radius 3 is 2.17 bits per heavy atom. The van der Waals surface area contributed by atoms with Gasteiger partial charge < -0.3 is 0 Å². The number of fused-ring (bicyclic) bond motifs is 1. The molecule has 0 saturated carbocycles. The van der Waals surface area contributed by atoms with Crippen LogP contribution < -0.4 is 5.56 Å². The lowest BCUT2D eigenvalue weighted by atomic mass is 10.1. The normalized spacial score (nSPS) is 13.3. The predicted molar refractivity (Wildman–Crippen MR) is 86.0 cm³/mol. The average molecular weight is 441 g/mol. The van der Waals surface area contributed by atoms with Crippen LogP contribution in [-0.4, -0.2) is 36.2 Å². The third-order valence-electron chi connectivity index (χ3n) is 4.06. The van der Waals surface area contributed by atoms with Crippen molar-refractivity contribution in [3.8, 4) is 11.1 Å². The maximum atomic E-state index is 13.6. The highest BCUT2D eigenvalue weighted by atomic mass is 19.4. The third-order valence-corrected chi connectivity index (χ3v) is 4.06. The van der Waals surface area contributed by atoms with E-state index in [9.17, 15) is 39.9 Å². The summed E-state index contributed by atoms with van der Waals surface area (Å²) in [5, 5.41) is 3.25. The van der Waals surface area contributed by atoms with Crippen LogP contribution >= 0.6 is 0 Å². The van der Waals surface area contributed by atoms with Gasteiger partial charge >= 0.3 is 18.3 Å². The highest BCUT2D eigenvalue weighted by molar-refractivity contribution is 5.66. The Labute approximate surface area is 161 Å². The summed E-state index contributed by atoms with van der Waals surface area (Å²) in [5.41, 5.74) is -4.55. The summed E-state index contributed by atoms with van der Waals surface area (Å²) in [6.45, 7) is 0.849. The van der Waals surface area contributed by atoms with E-state index in [0.717, 1.165) is 10.6 Å². The molecule has 0 atom stereocenters. The zero-order chi connectivity index (χ0) is 22.6. The quantitative estimate of drug-likeness (QED) is 0.581. The zero-order valence-corrected chi connectivity index (χ0v) is 15.1. The molecular weight excluding hydrogens is 430 g/mol. The predicted octanol–water partition coefficient (Wildman–Crippen LogP) is 3.79. The van der Waals surface area contributed by atoms with Gasteiger partial charge in [-0.15, -0.1) is 0 Å². The van der Waals surface area contributed by atoms with Gasteiger partial charge in [-0.2, -0.15) is 40.2 Å². The molecular formula is C16H11F8N5O. The van der Waals surface area contributed by atoms with Crippen LogP contribution in [0.1, 0.15) is 17.1 Å². The van der Waals surface area contributed by atoms with Gasteiger partial charge in [0, 0.05) is 18.0 Å². The first-order chi connectivity index (χ1) is 13.6. The Morgan fingerprint density at radius 2 is 1.60 bits per heavy atom. The van der Waals surface area contributed by atoms with E-state index in [1.165, 1.54) is 13.8 Å². The molecule has 3 aromatic rings. The minimum Gasteiger partial charge on any atom is -0.268 e. The van der Waals surface area contributed by atoms with Gasteiger partial charge in [0.15, 0.2) is 11.3 Å². The van der Waals surface area contributed by atoms with Crippen molar-refractivity contribution in [3.05, 3.63) is 46.0 Å². The van der Waals surface area contributed by atoms with Crippen LogP contribution in [-0.2, 0) is 12.7 Å². The summed E-state index contributed by atoms with van der Waals surface area (Å²) in [7, 11) is 0. The number of alkyl halides is 8. The van der Waals surface area contributed by atoms with Gasteiger partial charge in [-0.05, 0) is 13.8 Å². The monoisotopic (exact) mass is 441 g/mol. The van der Waals surface area contributed by atoms with Crippen molar-refractivity contribution in [2.75, 3.05) is 0 Å². The smallest absolute Gasteiger partial charge is 0.268 e. The number of aryl methyl sites for hydroxylation is 2. The standard InChI is InChI=1S/C16H11F8N5O/c1-7-4-29-12(8(2)26-7)27-11(15(19,20)21)10(13(29)30)9-3-25-28(5-9)6-14(17,18)16(22,23)24/h3-5H,6H2,1-2H3. The average Bonchev–Trinajstić information content (AvgIpc) is 3.00. The number of nitrogens with zero attached hydrogens (tertiary/aromatic N) is 5. The van der Waals surface area contributed by atoms with Crippen molar-refractivity contribution in [1.82, 2.24) is 24.1 Å². The lowest BCUT2D eigenvalue weighted by Gasteiger charge is -2.19. The van der Waals surface area contributed by atoms with Crippen LogP contribution in [0.5, 0.6) is 0 Å². The topological polar surface area (TPSA) is 65.1 Å². The summed E-state index contributed by atoms with van der Waals surface area (Å²) in [4.78, 5) is 20.2. The molecule has 3 rings (SSSR count). The maximum absolute atomic E-state index is 13.6. The van der Waals surface area contributed by atoms with Crippen molar-refractivity contribution >= 4 is 5.65 Å². The van der Waals surface area contributed by atoms with Gasteiger partial charge in [0.05, 0.1) is 23.1 Å². The molecule has 6 nitrogen and oxygen atoms in total. The second kappa shape index (κ2) is 6.74. The summed E-state index contributed by atoms with van der Waals surface area (Å²) in [6, 6.07) is 0. The van der Waals surface area contributed by atoms with Crippen molar-refractivity contribution in [2.24, 2.45) is 0 Å². The molecule has 162 valence electrons. The highest BCUT2D eigenvalue weighted by Crippen LogP contribution is 2.37. The van der Waals surface area contributed by atoms with Gasteiger partial charge in [-0.1, -0.05) is 0 Å². The first-order valence-electron chi connectivity index (χ1n) is 8.07. The van der Waals surface area contributed by atoms with E-state index in [1.807, 2.05) is 0 Å². The van der Waals surface area contributed by atoms with Crippen molar-refractivity contribution in [2.45, 2.75) is 38.7 Å². The molecule has 3 heterocycles. The molecule has 0 saturated heterocycles. The summed E-state index contributed by atoms with van der Waals surface area (Å²) >= 11 is 0. The van der Waals surface area contributed by atoms with E-state index in [4.69, 9.17) is 0 Å². The lowest BCUT2D eigenvalue weighted by Crippen LogP contribution is -2.40. The second-order valence-electron chi connectivity index (χ2n) is 6.43. The van der Waals surface area contributed by atoms with Crippen LogP contribution in [0, 0.1) is 13.8 Å². The molecule has 0 amide bonds. The minimum absolute atomic E-state index is 0.0321. The largest absolute Gasteiger partial charge is 0.455 e. The first-order valence-corrected chi connectivity index (χ1v) is 8.07. The van der Waals surface area contributed by atoms with E-state index in [2.05, 4.69) is 15.1 Å². The van der Waals surface area contributed by atoms with Crippen LogP contribution in [0.15, 0.2) is 23.4 Å². The number of aromatic nitrogens is 5. The van der Waals surface area contributed by atoms with Crippen LogP contribution in [0.4, 0.5) is 35.1 Å². The molecule has 0 unspecified atom stereocenters. The SMILES string of the molecule is Cc1cn2c(=O)c(-c3cnn(CC(F)(F)C(F)(F)F)c3)c(C(F)(F)F)nc2c(C)n1. The number of rotatable bonds is 3. The van der Waals surface area contributed by atoms with Crippen LogP contribution in [0.3, 0.4) is 0 Å². The summed E-state index contributed by atoms with van der Waals surface area (Å²) < 4.78 is 105. The lowest BCUT2D eigenvalue weighted by molar-refractivity contribution is -0.287. The van der Waals surface area contributed by atoms with Gasteiger partial charge in [-0.3, -0.25) is 18.9 Å². The Morgan fingerprint density at radius 1 is 0.967 bits per heavy atom. The number of hydrogen-bond acceptors (Lipinski definition) is 4. The van der Waals surface area contributed by atoms with Gasteiger partial charge in [0.1, 0.15) is 6.54 Å². The minimum atomic E-state index is -5.89. The molecule has 0 N–H and O–H groups in total. The molecule has 0 aromatic carbocycles. The molecule has 0 aliphatic heterocycles. The fourth-order valence-electron chi connectivity index (χ4n) is 2.78. The molecule has 0 fully saturated rings. The van der Waals surface area contributed by atoms with Crippen molar-refractivity contribution in [1.29, 1.82) is 0 Å². The number of hydrogen-bond donors (Lipinski definition) is 0. The molecule has 0 aliphatic carbocycles. The van der Waals surface area contributed by atoms with Gasteiger partial charge in [-0.25, -0.2) is 4.98 Å². The van der Waals surface area contributed by atoms with E-state index in [0.29, 0.717) is 12.4 Å². The Bertz CT molecular complexity index is 1180. The van der Waals surface area contributed by atoms with Crippen LogP contribution in [0.2, 0.25) is 0 Å². The Hall–Kier alpha value is -3.06. The van der Waals surface area contributed by atoms with Gasteiger partial charge in [0.25, 0.3) is 5.56 Å². The summed E-state index contributed by atoms with van der Waals surface area (Å²) in [5.74, 6) is -5.18. The molecule has 30 heavy (non-hydrogen) atoms. The van der Waals surface area contributed by atoms with E-state index in [1.54, 1.807) is 0 Å². The Balaban J connectivity index is 2.23. The third kappa shape index (κ3) is 3.73. The van der Waals surface area contributed by atoms with E-state index in [-0.39, 0.29) is 21.7 Å². The van der Waals surface area contributed by atoms with E-state index >= 15 is 0 Å². The van der Waals surface area contributed by atoms with Crippen molar-refractivity contribution < 1.29 is 35.1 Å². The van der Waals surface area contributed by atoms with Gasteiger partial charge in [0.2, 0.25) is 0 Å². The second-order valence-corrected chi connectivity index (χ2v) is 6.43. The molecule has 0 aliphatic rings. The maximum Gasteiger partial charge on any atom is 0.455 e. The first kappa shape index (κ1) is 21.6. The summed E-state index contributed by atoms with van der Waals surface area (Å²) in [6.07, 6.45) is -8.79. The number of halogens is 8. The van der Waals surface area contributed by atoms with E-state index < -0.39 is 47.2 Å². The fourth-order valence-corrected chi connectivity index (χ4v) is 2.78. The molecule has 0 radical (unpaired) electrons. The molecule has 0 bridgehead atoms.